The molecule has 21 heavy (non-hydrogen) atoms. The molecule has 0 radical (unpaired) electrons. The van der Waals surface area contributed by atoms with E-state index in [4.69, 9.17) is 14.2 Å². The van der Waals surface area contributed by atoms with E-state index in [1.807, 2.05) is 13.8 Å². The third-order valence-electron chi connectivity index (χ3n) is 4.00. The summed E-state index contributed by atoms with van der Waals surface area (Å²) in [5.41, 5.74) is 0. The molecule has 0 aliphatic carbocycles. The summed E-state index contributed by atoms with van der Waals surface area (Å²) in [6.45, 7) is 8.23. The number of amides is 1. The van der Waals surface area contributed by atoms with Crippen molar-refractivity contribution in [2.45, 2.75) is 56.8 Å². The van der Waals surface area contributed by atoms with Crippen LogP contribution >= 0.6 is 0 Å². The highest BCUT2D eigenvalue weighted by molar-refractivity contribution is 5.88. The van der Waals surface area contributed by atoms with Gasteiger partial charge in [0.15, 0.2) is 11.9 Å². The van der Waals surface area contributed by atoms with Crippen molar-refractivity contribution in [3.8, 4) is 0 Å². The van der Waals surface area contributed by atoms with Crippen LogP contribution in [-0.2, 0) is 19.0 Å². The Morgan fingerprint density at radius 3 is 2.86 bits per heavy atom. The number of carbonyl (C=O) groups excluding carboxylic acids is 1. The van der Waals surface area contributed by atoms with Gasteiger partial charge in [-0.2, -0.15) is 0 Å². The standard InChI is InChI=1S/C15H25NO5/c1-5-6-10(17)7-8-16-12(13(19-4)14(16)18)11-9-20-15(2,3)21-11/h5,10-13,17H,1,6-9H2,2-4H3/t10-,11-,12+,13-/m1/s1. The first-order valence-corrected chi connectivity index (χ1v) is 7.33. The highest BCUT2D eigenvalue weighted by Crippen LogP contribution is 2.34. The van der Waals surface area contributed by atoms with Gasteiger partial charge in [0.25, 0.3) is 5.91 Å². The number of hydrogen-bond acceptors (Lipinski definition) is 5. The summed E-state index contributed by atoms with van der Waals surface area (Å²) >= 11 is 0. The van der Waals surface area contributed by atoms with Crippen molar-refractivity contribution in [3.05, 3.63) is 12.7 Å². The zero-order valence-electron chi connectivity index (χ0n) is 12.9. The lowest BCUT2D eigenvalue weighted by molar-refractivity contribution is -0.193. The highest BCUT2D eigenvalue weighted by atomic mass is 16.7. The molecule has 2 saturated heterocycles. The number of likely N-dealkylation sites (tertiary alicyclic amines) is 1. The Morgan fingerprint density at radius 2 is 2.33 bits per heavy atom. The Bertz CT molecular complexity index is 398. The molecule has 2 aliphatic rings. The van der Waals surface area contributed by atoms with E-state index in [0.29, 0.717) is 26.0 Å². The van der Waals surface area contributed by atoms with E-state index in [-0.39, 0.29) is 18.1 Å². The minimum atomic E-state index is -0.629. The highest BCUT2D eigenvalue weighted by Gasteiger charge is 2.54. The Morgan fingerprint density at radius 1 is 1.62 bits per heavy atom. The lowest BCUT2D eigenvalue weighted by Gasteiger charge is -2.48. The van der Waals surface area contributed by atoms with Gasteiger partial charge in [0.1, 0.15) is 6.10 Å². The molecule has 0 saturated carbocycles. The fourth-order valence-electron chi connectivity index (χ4n) is 2.91. The molecule has 6 heteroatoms. The maximum absolute atomic E-state index is 12.1. The van der Waals surface area contributed by atoms with Gasteiger partial charge in [0, 0.05) is 13.7 Å². The molecule has 0 aromatic heterocycles. The summed E-state index contributed by atoms with van der Waals surface area (Å²) in [4.78, 5) is 13.8. The van der Waals surface area contributed by atoms with Gasteiger partial charge in [-0.25, -0.2) is 0 Å². The van der Waals surface area contributed by atoms with Gasteiger partial charge in [-0.05, 0) is 26.7 Å². The molecule has 0 unspecified atom stereocenters. The van der Waals surface area contributed by atoms with Gasteiger partial charge in [0.05, 0.1) is 18.8 Å². The molecule has 6 nitrogen and oxygen atoms in total. The predicted octanol–water partition coefficient (Wildman–Crippen LogP) is 0.691. The van der Waals surface area contributed by atoms with Crippen LogP contribution in [0.3, 0.4) is 0 Å². The third kappa shape index (κ3) is 3.45. The summed E-state index contributed by atoms with van der Waals surface area (Å²) in [7, 11) is 1.53. The number of carbonyl (C=O) groups is 1. The molecule has 2 aliphatic heterocycles. The van der Waals surface area contributed by atoms with E-state index in [9.17, 15) is 9.90 Å². The lowest BCUT2D eigenvalue weighted by atomic mass is 9.92. The van der Waals surface area contributed by atoms with E-state index in [1.54, 1.807) is 11.0 Å². The Labute approximate surface area is 125 Å². The first-order valence-electron chi connectivity index (χ1n) is 7.33. The minimum absolute atomic E-state index is 0.0541. The average Bonchev–Trinajstić information content (AvgIpc) is 2.76. The van der Waals surface area contributed by atoms with Crippen molar-refractivity contribution in [1.82, 2.24) is 4.90 Å². The number of nitrogens with zero attached hydrogens (tertiary/aromatic N) is 1. The number of β-lactam (4-membered cyclic amide) rings is 1. The van der Waals surface area contributed by atoms with Crippen molar-refractivity contribution in [2.75, 3.05) is 20.3 Å². The van der Waals surface area contributed by atoms with Crippen LogP contribution in [0.2, 0.25) is 0 Å². The smallest absolute Gasteiger partial charge is 0.254 e. The summed E-state index contributed by atoms with van der Waals surface area (Å²) in [6.07, 6.45) is 1.56. The molecule has 0 aromatic carbocycles. The van der Waals surface area contributed by atoms with Crippen LogP contribution in [0.25, 0.3) is 0 Å². The van der Waals surface area contributed by atoms with Crippen LogP contribution < -0.4 is 0 Å². The summed E-state index contributed by atoms with van der Waals surface area (Å²) in [5, 5.41) is 9.77. The molecule has 0 bridgehead atoms. The maximum Gasteiger partial charge on any atom is 0.254 e. The molecule has 1 N–H and O–H groups in total. The van der Waals surface area contributed by atoms with Crippen LogP contribution in [0.5, 0.6) is 0 Å². The van der Waals surface area contributed by atoms with Crippen LogP contribution in [0.4, 0.5) is 0 Å². The zero-order chi connectivity index (χ0) is 15.6. The zero-order valence-corrected chi connectivity index (χ0v) is 12.9. The normalized spacial score (nSPS) is 32.9. The first-order chi connectivity index (χ1) is 9.89. The average molecular weight is 299 g/mol. The van der Waals surface area contributed by atoms with Crippen molar-refractivity contribution in [2.24, 2.45) is 0 Å². The van der Waals surface area contributed by atoms with Crippen LogP contribution in [0, 0.1) is 0 Å². The number of aliphatic hydroxyl groups excluding tert-OH is 1. The first kappa shape index (κ1) is 16.4. The quantitative estimate of drug-likeness (QED) is 0.553. The van der Waals surface area contributed by atoms with Crippen molar-refractivity contribution in [3.63, 3.8) is 0 Å². The van der Waals surface area contributed by atoms with E-state index < -0.39 is 18.0 Å². The van der Waals surface area contributed by atoms with E-state index in [0.717, 1.165) is 0 Å². The number of methoxy groups -OCH3 is 1. The Kier molecular flexibility index (Phi) is 5.03. The molecule has 0 spiro atoms. The number of ether oxygens (including phenoxy) is 3. The molecule has 4 atom stereocenters. The fourth-order valence-corrected chi connectivity index (χ4v) is 2.91. The summed E-state index contributed by atoms with van der Waals surface area (Å²) < 4.78 is 16.7. The summed E-state index contributed by atoms with van der Waals surface area (Å²) in [6, 6.07) is -0.153. The fraction of sp³-hybridized carbons (Fsp3) is 0.800. The minimum Gasteiger partial charge on any atom is -0.393 e. The second kappa shape index (κ2) is 6.44. The van der Waals surface area contributed by atoms with E-state index in [1.165, 1.54) is 7.11 Å². The predicted molar refractivity (Wildman–Crippen MR) is 76.6 cm³/mol. The van der Waals surface area contributed by atoms with Crippen LogP contribution in [0.15, 0.2) is 12.7 Å². The second-order valence-electron chi connectivity index (χ2n) is 6.01. The molecular formula is C15H25NO5. The second-order valence-corrected chi connectivity index (χ2v) is 6.01. The molecule has 0 aromatic rings. The largest absolute Gasteiger partial charge is 0.393 e. The van der Waals surface area contributed by atoms with Crippen molar-refractivity contribution < 1.29 is 24.1 Å². The van der Waals surface area contributed by atoms with Crippen LogP contribution in [0.1, 0.15) is 26.7 Å². The number of hydrogen-bond donors (Lipinski definition) is 1. The Hall–Kier alpha value is -0.950. The molecule has 2 fully saturated rings. The molecule has 1 amide bonds. The lowest BCUT2D eigenvalue weighted by Crippen LogP contribution is -2.70. The van der Waals surface area contributed by atoms with Crippen molar-refractivity contribution >= 4 is 5.91 Å². The van der Waals surface area contributed by atoms with E-state index >= 15 is 0 Å². The van der Waals surface area contributed by atoms with Gasteiger partial charge < -0.3 is 24.2 Å². The monoisotopic (exact) mass is 299 g/mol. The van der Waals surface area contributed by atoms with Gasteiger partial charge in [-0.3, -0.25) is 4.79 Å². The topological polar surface area (TPSA) is 68.2 Å². The number of rotatable bonds is 7. The molecule has 120 valence electrons. The SMILES string of the molecule is C=CC[C@@H](O)CCN1C(=O)[C@H](OC)[C@@H]1[C@H]1COC(C)(C)O1. The number of aliphatic hydroxyl groups is 1. The molecule has 2 rings (SSSR count). The molecular weight excluding hydrogens is 274 g/mol. The van der Waals surface area contributed by atoms with Crippen molar-refractivity contribution in [1.29, 1.82) is 0 Å². The van der Waals surface area contributed by atoms with E-state index in [2.05, 4.69) is 6.58 Å². The van der Waals surface area contributed by atoms with Gasteiger partial charge in [0.2, 0.25) is 0 Å². The van der Waals surface area contributed by atoms with Gasteiger partial charge in [-0.1, -0.05) is 6.08 Å². The summed E-state index contributed by atoms with van der Waals surface area (Å²) in [5.74, 6) is -0.683. The van der Waals surface area contributed by atoms with Crippen LogP contribution in [-0.4, -0.2) is 66.3 Å². The van der Waals surface area contributed by atoms with Gasteiger partial charge >= 0.3 is 0 Å². The maximum atomic E-state index is 12.1. The third-order valence-corrected chi connectivity index (χ3v) is 4.00. The van der Waals surface area contributed by atoms with Gasteiger partial charge in [-0.15, -0.1) is 6.58 Å². The Balaban J connectivity index is 1.96. The molecule has 2 heterocycles.